The van der Waals surface area contributed by atoms with Crippen molar-refractivity contribution < 1.29 is 4.84 Å². The average molecular weight is 189 g/mol. The predicted octanol–water partition coefficient (Wildman–Crippen LogP) is 1.84. The third-order valence-electron chi connectivity index (χ3n) is 2.25. The minimum absolute atomic E-state index is 0.110. The largest absolute Gasteiger partial charge is 0.304 e. The second kappa shape index (κ2) is 4.28. The van der Waals surface area contributed by atoms with Crippen LogP contribution in [0.2, 0.25) is 0 Å². The number of benzene rings is 1. The van der Waals surface area contributed by atoms with Crippen LogP contribution in [0.5, 0.6) is 0 Å². The zero-order chi connectivity index (χ0) is 10.6. The zero-order valence-electron chi connectivity index (χ0n) is 8.58. The Morgan fingerprint density at radius 1 is 1.50 bits per heavy atom. The molecule has 0 aliphatic rings. The maximum Gasteiger partial charge on any atom is 0.0770 e. The van der Waals surface area contributed by atoms with Gasteiger partial charge in [0.2, 0.25) is 0 Å². The van der Waals surface area contributed by atoms with Gasteiger partial charge in [-0.3, -0.25) is 0 Å². The standard InChI is InChI=1S/C12H15NO/c1-4-10-6-5-7-11(8-10)12(2,3)9-14-13/h1,5-8H,9,13H2,2-3H3. The molecule has 1 aromatic carbocycles. The number of rotatable bonds is 3. The van der Waals surface area contributed by atoms with Crippen molar-refractivity contribution in [1.29, 1.82) is 0 Å². The molecule has 0 saturated heterocycles. The normalized spacial score (nSPS) is 11.0. The second-order valence-corrected chi connectivity index (χ2v) is 3.92. The topological polar surface area (TPSA) is 35.2 Å². The van der Waals surface area contributed by atoms with Gasteiger partial charge >= 0.3 is 0 Å². The highest BCUT2D eigenvalue weighted by Crippen LogP contribution is 2.23. The molecule has 2 nitrogen and oxygen atoms in total. The van der Waals surface area contributed by atoms with E-state index in [9.17, 15) is 0 Å². The minimum atomic E-state index is -0.110. The highest BCUT2D eigenvalue weighted by Gasteiger charge is 2.20. The summed E-state index contributed by atoms with van der Waals surface area (Å²) in [6.07, 6.45) is 5.33. The van der Waals surface area contributed by atoms with Crippen LogP contribution in [0.3, 0.4) is 0 Å². The van der Waals surface area contributed by atoms with E-state index in [1.54, 1.807) is 0 Å². The zero-order valence-corrected chi connectivity index (χ0v) is 8.58. The Balaban J connectivity index is 3.01. The Kier molecular flexibility index (Phi) is 3.29. The third-order valence-corrected chi connectivity index (χ3v) is 2.25. The molecule has 0 aliphatic heterocycles. The summed E-state index contributed by atoms with van der Waals surface area (Å²) < 4.78 is 0. The Labute approximate surface area is 85.0 Å². The lowest BCUT2D eigenvalue weighted by Crippen LogP contribution is -2.26. The fourth-order valence-corrected chi connectivity index (χ4v) is 1.32. The van der Waals surface area contributed by atoms with E-state index >= 15 is 0 Å². The molecule has 0 fully saturated rings. The lowest BCUT2D eigenvalue weighted by Gasteiger charge is -2.23. The van der Waals surface area contributed by atoms with Gasteiger partial charge in [-0.05, 0) is 17.7 Å². The molecule has 2 N–H and O–H groups in total. The van der Waals surface area contributed by atoms with Crippen LogP contribution in [0.15, 0.2) is 24.3 Å². The van der Waals surface area contributed by atoms with Crippen LogP contribution in [0.4, 0.5) is 0 Å². The third kappa shape index (κ3) is 2.35. The van der Waals surface area contributed by atoms with Gasteiger partial charge in [0.25, 0.3) is 0 Å². The summed E-state index contributed by atoms with van der Waals surface area (Å²) in [6.45, 7) is 4.60. The molecule has 1 aromatic rings. The lowest BCUT2D eigenvalue weighted by molar-refractivity contribution is 0.0964. The van der Waals surface area contributed by atoms with Gasteiger partial charge in [0.15, 0.2) is 0 Å². The molecule has 0 aromatic heterocycles. The number of hydrogen-bond acceptors (Lipinski definition) is 2. The van der Waals surface area contributed by atoms with Crippen molar-refractivity contribution in [1.82, 2.24) is 0 Å². The van der Waals surface area contributed by atoms with E-state index < -0.39 is 0 Å². The van der Waals surface area contributed by atoms with Gasteiger partial charge in [-0.1, -0.05) is 31.9 Å². The van der Waals surface area contributed by atoms with E-state index in [1.165, 1.54) is 0 Å². The first-order valence-electron chi connectivity index (χ1n) is 4.49. The molecule has 0 atom stereocenters. The van der Waals surface area contributed by atoms with E-state index in [-0.39, 0.29) is 5.41 Å². The predicted molar refractivity (Wildman–Crippen MR) is 57.5 cm³/mol. The van der Waals surface area contributed by atoms with Gasteiger partial charge < -0.3 is 4.84 Å². The molecule has 0 amide bonds. The molecule has 14 heavy (non-hydrogen) atoms. The average Bonchev–Trinajstić information content (AvgIpc) is 2.18. The Morgan fingerprint density at radius 3 is 2.79 bits per heavy atom. The smallest absolute Gasteiger partial charge is 0.0770 e. The molecule has 0 saturated carbocycles. The number of nitrogens with two attached hydrogens (primary N) is 1. The van der Waals surface area contributed by atoms with Gasteiger partial charge in [0, 0.05) is 11.0 Å². The quantitative estimate of drug-likeness (QED) is 0.581. The molecular formula is C12H15NO. The molecule has 0 heterocycles. The highest BCUT2D eigenvalue weighted by atomic mass is 16.6. The molecule has 0 spiro atoms. The van der Waals surface area contributed by atoms with Gasteiger partial charge in [0.05, 0.1) is 6.61 Å². The van der Waals surface area contributed by atoms with Gasteiger partial charge in [-0.25, -0.2) is 5.90 Å². The van der Waals surface area contributed by atoms with Crippen LogP contribution < -0.4 is 5.90 Å². The Morgan fingerprint density at radius 2 is 2.21 bits per heavy atom. The monoisotopic (exact) mass is 189 g/mol. The van der Waals surface area contributed by atoms with Crippen LogP contribution in [0.25, 0.3) is 0 Å². The van der Waals surface area contributed by atoms with Crippen LogP contribution in [0, 0.1) is 12.3 Å². The minimum Gasteiger partial charge on any atom is -0.304 e. The molecule has 0 aliphatic carbocycles. The Bertz CT molecular complexity index is 350. The van der Waals surface area contributed by atoms with Crippen molar-refractivity contribution in [3.63, 3.8) is 0 Å². The maximum atomic E-state index is 5.33. The first-order valence-corrected chi connectivity index (χ1v) is 4.49. The first-order chi connectivity index (χ1) is 6.60. The SMILES string of the molecule is C#Cc1cccc(C(C)(C)CON)c1. The van der Waals surface area contributed by atoms with Gasteiger partial charge in [-0.15, -0.1) is 6.42 Å². The lowest BCUT2D eigenvalue weighted by atomic mass is 9.85. The summed E-state index contributed by atoms with van der Waals surface area (Å²) in [4.78, 5) is 4.68. The summed E-state index contributed by atoms with van der Waals surface area (Å²) in [5.74, 6) is 7.69. The van der Waals surface area contributed by atoms with Crippen molar-refractivity contribution in [2.75, 3.05) is 6.61 Å². The summed E-state index contributed by atoms with van der Waals surface area (Å²) in [7, 11) is 0. The first kappa shape index (κ1) is 10.8. The fourth-order valence-electron chi connectivity index (χ4n) is 1.32. The molecule has 0 radical (unpaired) electrons. The number of hydrogen-bond donors (Lipinski definition) is 1. The second-order valence-electron chi connectivity index (χ2n) is 3.92. The van der Waals surface area contributed by atoms with Gasteiger partial charge in [-0.2, -0.15) is 0 Å². The summed E-state index contributed by atoms with van der Waals surface area (Å²) in [5, 5.41) is 0. The van der Waals surface area contributed by atoms with E-state index in [0.717, 1.165) is 11.1 Å². The van der Waals surface area contributed by atoms with Crippen molar-refractivity contribution in [3.05, 3.63) is 35.4 Å². The van der Waals surface area contributed by atoms with Crippen LogP contribution in [-0.4, -0.2) is 6.61 Å². The van der Waals surface area contributed by atoms with E-state index in [4.69, 9.17) is 12.3 Å². The molecule has 0 unspecified atom stereocenters. The van der Waals surface area contributed by atoms with Crippen molar-refractivity contribution in [2.24, 2.45) is 5.90 Å². The van der Waals surface area contributed by atoms with Crippen molar-refractivity contribution in [3.8, 4) is 12.3 Å². The molecule has 1 rings (SSSR count). The summed E-state index contributed by atoms with van der Waals surface area (Å²) in [6, 6.07) is 7.87. The summed E-state index contributed by atoms with van der Waals surface area (Å²) in [5.41, 5.74) is 1.91. The van der Waals surface area contributed by atoms with E-state index in [1.807, 2.05) is 24.3 Å². The van der Waals surface area contributed by atoms with E-state index in [0.29, 0.717) is 6.61 Å². The molecular weight excluding hydrogens is 174 g/mol. The maximum absolute atomic E-state index is 5.33. The highest BCUT2D eigenvalue weighted by molar-refractivity contribution is 5.38. The fraction of sp³-hybridized carbons (Fsp3) is 0.333. The van der Waals surface area contributed by atoms with Crippen LogP contribution in [0.1, 0.15) is 25.0 Å². The Hall–Kier alpha value is -1.30. The molecule has 0 bridgehead atoms. The summed E-state index contributed by atoms with van der Waals surface area (Å²) >= 11 is 0. The van der Waals surface area contributed by atoms with E-state index in [2.05, 4.69) is 24.6 Å². The van der Waals surface area contributed by atoms with Gasteiger partial charge in [0.1, 0.15) is 0 Å². The van der Waals surface area contributed by atoms with Crippen molar-refractivity contribution >= 4 is 0 Å². The van der Waals surface area contributed by atoms with Crippen LogP contribution in [-0.2, 0) is 10.3 Å². The molecule has 74 valence electrons. The molecule has 2 heteroatoms. The number of terminal acetylenes is 1. The van der Waals surface area contributed by atoms with Crippen molar-refractivity contribution in [2.45, 2.75) is 19.3 Å². The van der Waals surface area contributed by atoms with Crippen LogP contribution >= 0.6 is 0 Å².